The number of rotatable bonds is 3. The summed E-state index contributed by atoms with van der Waals surface area (Å²) in [5, 5.41) is 22.2. The molecule has 6 atom stereocenters. The maximum atomic E-state index is 13.8. The fraction of sp³-hybridized carbons (Fsp3) is 0.400. The summed E-state index contributed by atoms with van der Waals surface area (Å²) in [4.78, 5) is 75.3. The Bertz CT molecular complexity index is 1340. The van der Waals surface area contributed by atoms with Gasteiger partial charge in [0.15, 0.2) is 34.7 Å². The van der Waals surface area contributed by atoms with E-state index in [1.165, 1.54) is 17.3 Å². The fourth-order valence-electron chi connectivity index (χ4n) is 6.31. The van der Waals surface area contributed by atoms with Crippen molar-refractivity contribution in [2.45, 2.75) is 24.5 Å². The van der Waals surface area contributed by atoms with Gasteiger partial charge in [0.1, 0.15) is 12.1 Å². The molecule has 3 aliphatic rings. The van der Waals surface area contributed by atoms with Crippen LogP contribution < -0.4 is 5.73 Å². The number of phenolic OH excluding ortho intramolecular Hbond substituents is 1. The molecule has 0 spiro atoms. The number of aromatic hydroxyl groups is 1. The number of likely N-dealkylation sites (N-methyl/N-ethyl adjacent to an activating group) is 1. The first-order valence-electron chi connectivity index (χ1n) is 11.4. The van der Waals surface area contributed by atoms with Gasteiger partial charge in [-0.3, -0.25) is 28.9 Å². The summed E-state index contributed by atoms with van der Waals surface area (Å²) in [5.41, 5.74) is 4.23. The minimum absolute atomic E-state index is 0.00964. The number of aromatic nitrogens is 2. The Kier molecular flexibility index (Phi) is 5.38. The van der Waals surface area contributed by atoms with Crippen molar-refractivity contribution >= 4 is 29.0 Å². The second kappa shape index (κ2) is 8.10. The van der Waals surface area contributed by atoms with Gasteiger partial charge >= 0.3 is 0 Å². The molecule has 6 unspecified atom stereocenters. The highest BCUT2D eigenvalue weighted by Gasteiger charge is 2.69. The highest BCUT2D eigenvalue weighted by atomic mass is 16.3. The number of fused-ring (bicyclic) bond motifs is 3. The van der Waals surface area contributed by atoms with Crippen LogP contribution >= 0.6 is 0 Å². The van der Waals surface area contributed by atoms with Crippen LogP contribution in [0.2, 0.25) is 0 Å². The summed E-state index contributed by atoms with van der Waals surface area (Å²) in [6.45, 7) is 0. The summed E-state index contributed by atoms with van der Waals surface area (Å²) in [5.74, 6) is -10.7. The molecule has 1 aromatic carbocycles. The molecule has 0 bridgehead atoms. The quantitative estimate of drug-likeness (QED) is 0.465. The minimum atomic E-state index is -2.74. The molecule has 11 nitrogen and oxygen atoms in total. The summed E-state index contributed by atoms with van der Waals surface area (Å²) in [6.07, 6.45) is 4.64. The molecule has 2 fully saturated rings. The summed E-state index contributed by atoms with van der Waals surface area (Å²) < 4.78 is 0. The molecule has 1 amide bonds. The number of benzene rings is 1. The Morgan fingerprint density at radius 3 is 2.39 bits per heavy atom. The van der Waals surface area contributed by atoms with Crippen LogP contribution in [0.25, 0.3) is 11.1 Å². The molecule has 0 radical (unpaired) electrons. The normalized spacial score (nSPS) is 31.6. The smallest absolute Gasteiger partial charge is 0.235 e. The van der Waals surface area contributed by atoms with Crippen LogP contribution in [-0.4, -0.2) is 79.9 Å². The molecule has 2 saturated carbocycles. The molecule has 186 valence electrons. The lowest BCUT2D eigenvalue weighted by atomic mass is 9.52. The Morgan fingerprint density at radius 2 is 1.78 bits per heavy atom. The van der Waals surface area contributed by atoms with E-state index in [0.29, 0.717) is 16.7 Å². The lowest BCUT2D eigenvalue weighted by Crippen LogP contribution is -2.74. The molecule has 0 aliphatic heterocycles. The van der Waals surface area contributed by atoms with Gasteiger partial charge in [0, 0.05) is 23.9 Å². The van der Waals surface area contributed by atoms with E-state index in [-0.39, 0.29) is 24.2 Å². The number of nitrogens with zero attached hydrogens (tertiary/aromatic N) is 3. The van der Waals surface area contributed by atoms with Crippen LogP contribution in [0, 0.1) is 23.7 Å². The number of ketones is 4. The van der Waals surface area contributed by atoms with E-state index in [1.807, 2.05) is 0 Å². The number of carbonyl (C=O) groups excluding carboxylic acids is 5. The average molecular weight is 492 g/mol. The van der Waals surface area contributed by atoms with E-state index in [9.17, 15) is 34.2 Å². The topological polar surface area (TPSA) is 181 Å². The van der Waals surface area contributed by atoms with Crippen molar-refractivity contribution in [3.8, 4) is 16.9 Å². The van der Waals surface area contributed by atoms with E-state index in [4.69, 9.17) is 5.73 Å². The maximum Gasteiger partial charge on any atom is 0.235 e. The molecule has 0 saturated heterocycles. The standard InChI is InChI=1S/C25H24N4O7/c1-29(2)19-14-6-10-5-13-12(11-7-27-9-28-8-11)3-4-15(30)17(13)20(31)16(10)22(33)25(14,36)23(34)18(21(19)32)24(26)35/h3-4,7-10,14,16,18-19,30,36H,5-6H2,1-2H3,(H2,26,35). The van der Waals surface area contributed by atoms with Gasteiger partial charge in [0.25, 0.3) is 0 Å². The predicted molar refractivity (Wildman–Crippen MR) is 122 cm³/mol. The summed E-state index contributed by atoms with van der Waals surface area (Å²) >= 11 is 0. The van der Waals surface area contributed by atoms with Crippen molar-refractivity contribution in [3.05, 3.63) is 42.0 Å². The molecular weight excluding hydrogens is 468 g/mol. The number of Topliss-reactive ketones (excluding diaryl/α,β-unsaturated/α-hetero) is 4. The lowest BCUT2D eigenvalue weighted by Gasteiger charge is -2.52. The molecule has 4 N–H and O–H groups in total. The lowest BCUT2D eigenvalue weighted by molar-refractivity contribution is -0.181. The maximum absolute atomic E-state index is 13.8. The van der Waals surface area contributed by atoms with Crippen LogP contribution in [0.3, 0.4) is 0 Å². The van der Waals surface area contributed by atoms with Gasteiger partial charge in [-0.25, -0.2) is 9.97 Å². The van der Waals surface area contributed by atoms with Crippen molar-refractivity contribution in [3.63, 3.8) is 0 Å². The van der Waals surface area contributed by atoms with Gasteiger partial charge < -0.3 is 15.9 Å². The number of aliphatic hydroxyl groups is 1. The number of primary amides is 1. The van der Waals surface area contributed by atoms with E-state index < -0.39 is 64.4 Å². The van der Waals surface area contributed by atoms with Crippen LogP contribution in [0.4, 0.5) is 0 Å². The Balaban J connectivity index is 1.66. The van der Waals surface area contributed by atoms with Crippen molar-refractivity contribution in [2.24, 2.45) is 29.4 Å². The van der Waals surface area contributed by atoms with E-state index in [0.717, 1.165) is 0 Å². The summed E-state index contributed by atoms with van der Waals surface area (Å²) in [6, 6.07) is 1.83. The first-order chi connectivity index (χ1) is 17.0. The van der Waals surface area contributed by atoms with Crippen molar-refractivity contribution in [1.82, 2.24) is 14.9 Å². The zero-order valence-electron chi connectivity index (χ0n) is 19.5. The van der Waals surface area contributed by atoms with Gasteiger partial charge in [-0.2, -0.15) is 0 Å². The molecule has 5 rings (SSSR count). The third kappa shape index (κ3) is 3.09. The fourth-order valence-corrected chi connectivity index (χ4v) is 6.31. The van der Waals surface area contributed by atoms with Crippen molar-refractivity contribution < 1.29 is 34.2 Å². The first kappa shape index (κ1) is 23.9. The van der Waals surface area contributed by atoms with Gasteiger partial charge in [-0.1, -0.05) is 6.07 Å². The Hall–Kier alpha value is -3.83. The largest absolute Gasteiger partial charge is 0.507 e. The van der Waals surface area contributed by atoms with Gasteiger partial charge in [-0.05, 0) is 50.0 Å². The monoisotopic (exact) mass is 492 g/mol. The third-order valence-electron chi connectivity index (χ3n) is 7.82. The van der Waals surface area contributed by atoms with E-state index in [1.54, 1.807) is 32.6 Å². The number of carbonyl (C=O) groups is 5. The number of amides is 1. The zero-order valence-corrected chi connectivity index (χ0v) is 19.5. The zero-order chi connectivity index (χ0) is 26.1. The number of hydrogen-bond donors (Lipinski definition) is 3. The summed E-state index contributed by atoms with van der Waals surface area (Å²) in [7, 11) is 3.08. The SMILES string of the molecule is CN(C)C1C(=O)C(C(N)=O)C(=O)C2(O)C(=O)C3C(=O)c4c(O)ccc(-c5cncnc5)c4CC3CC12. The van der Waals surface area contributed by atoms with Crippen LogP contribution in [0.15, 0.2) is 30.9 Å². The van der Waals surface area contributed by atoms with Crippen molar-refractivity contribution in [2.75, 3.05) is 14.1 Å². The van der Waals surface area contributed by atoms with Crippen LogP contribution in [0.5, 0.6) is 5.75 Å². The Morgan fingerprint density at radius 1 is 1.11 bits per heavy atom. The van der Waals surface area contributed by atoms with Gasteiger partial charge in [-0.15, -0.1) is 0 Å². The second-order valence-corrected chi connectivity index (χ2v) is 9.90. The van der Waals surface area contributed by atoms with Crippen LogP contribution in [0.1, 0.15) is 22.3 Å². The highest BCUT2D eigenvalue weighted by molar-refractivity contribution is 6.32. The Labute approximate surface area is 205 Å². The predicted octanol–water partition coefficient (Wildman–Crippen LogP) is -0.676. The molecular formula is C25H24N4O7. The minimum Gasteiger partial charge on any atom is -0.507 e. The second-order valence-electron chi connectivity index (χ2n) is 9.90. The third-order valence-corrected chi connectivity index (χ3v) is 7.82. The van der Waals surface area contributed by atoms with E-state index in [2.05, 4.69) is 9.97 Å². The molecule has 11 heteroatoms. The molecule has 1 heterocycles. The number of hydrogen-bond acceptors (Lipinski definition) is 10. The number of phenols is 1. The molecule has 3 aliphatic carbocycles. The molecule has 1 aromatic heterocycles. The van der Waals surface area contributed by atoms with Crippen molar-refractivity contribution in [1.29, 1.82) is 0 Å². The molecule has 36 heavy (non-hydrogen) atoms. The van der Waals surface area contributed by atoms with Gasteiger partial charge in [0.05, 0.1) is 17.5 Å². The first-order valence-corrected chi connectivity index (χ1v) is 11.4. The highest BCUT2D eigenvalue weighted by Crippen LogP contribution is 2.51. The number of nitrogens with two attached hydrogens (primary N) is 1. The van der Waals surface area contributed by atoms with Crippen LogP contribution in [-0.2, 0) is 25.6 Å². The van der Waals surface area contributed by atoms with E-state index >= 15 is 0 Å². The molecule has 2 aromatic rings. The average Bonchev–Trinajstić information content (AvgIpc) is 2.81. The van der Waals surface area contributed by atoms with Gasteiger partial charge in [0.2, 0.25) is 5.91 Å².